The zero-order valence-electron chi connectivity index (χ0n) is 19.8. The summed E-state index contributed by atoms with van der Waals surface area (Å²) in [5.74, 6) is -1.04. The summed E-state index contributed by atoms with van der Waals surface area (Å²) in [6, 6.07) is -1.11. The van der Waals surface area contributed by atoms with E-state index in [1.165, 1.54) is 21.6 Å². The lowest BCUT2D eigenvalue weighted by atomic mass is 10.0. The van der Waals surface area contributed by atoms with Crippen molar-refractivity contribution in [3.63, 3.8) is 0 Å². The number of azide groups is 1. The van der Waals surface area contributed by atoms with E-state index in [1.807, 2.05) is 0 Å². The van der Waals surface area contributed by atoms with Gasteiger partial charge in [-0.05, 0) is 40.1 Å². The fourth-order valence-electron chi connectivity index (χ4n) is 2.15. The first kappa shape index (κ1) is 31.1. The van der Waals surface area contributed by atoms with Crippen molar-refractivity contribution >= 4 is 39.6 Å². The monoisotopic (exact) mass is 509 g/mol. The van der Waals surface area contributed by atoms with Crippen LogP contribution in [0.3, 0.4) is 0 Å². The summed E-state index contributed by atoms with van der Waals surface area (Å²) < 4.78 is 14.8. The van der Waals surface area contributed by atoms with Gasteiger partial charge in [-0.2, -0.15) is 0 Å². The maximum absolute atomic E-state index is 12.2. The minimum Gasteiger partial charge on any atom is -0.480 e. The summed E-state index contributed by atoms with van der Waals surface area (Å²) in [5.41, 5.74) is 7.56. The Bertz CT molecular complexity index is 667. The fourth-order valence-corrected chi connectivity index (χ4v) is 4.68. The first-order chi connectivity index (χ1) is 15.4. The molecule has 0 spiro atoms. The van der Waals surface area contributed by atoms with Crippen LogP contribution in [-0.2, 0) is 23.8 Å². The molecule has 0 heterocycles. The molecule has 0 radical (unpaired) electrons. The second kappa shape index (κ2) is 16.7. The number of ether oxygens (including phenoxy) is 3. The van der Waals surface area contributed by atoms with Gasteiger partial charge in [0, 0.05) is 30.2 Å². The number of carboxylic acid groups (broad SMARTS) is 1. The lowest BCUT2D eigenvalue weighted by molar-refractivity contribution is -0.142. The molecule has 0 aromatic carbocycles. The molecule has 0 aliphatic carbocycles. The van der Waals surface area contributed by atoms with Crippen LogP contribution in [0.5, 0.6) is 0 Å². The van der Waals surface area contributed by atoms with Gasteiger partial charge in [-0.15, -0.1) is 0 Å². The standard InChI is InChI=1S/C19H35N5O7S2/c1-18(2,3)31-17(28)21-8-13-32-33-19(4,5)15(16(26)27)23-14(25)6-9-29-11-12-30-10-7-22-24-20/h15H,6-13H2,1-5H3,(H,21,28)(H,23,25)(H,26,27)/t15-/m1/s1. The Morgan fingerprint density at radius 3 is 2.30 bits per heavy atom. The summed E-state index contributed by atoms with van der Waals surface area (Å²) in [4.78, 5) is 38.1. The van der Waals surface area contributed by atoms with Gasteiger partial charge >= 0.3 is 12.1 Å². The van der Waals surface area contributed by atoms with Crippen molar-refractivity contribution < 1.29 is 33.7 Å². The van der Waals surface area contributed by atoms with E-state index in [2.05, 4.69) is 20.7 Å². The Morgan fingerprint density at radius 1 is 1.09 bits per heavy atom. The molecule has 0 saturated heterocycles. The largest absolute Gasteiger partial charge is 0.480 e. The van der Waals surface area contributed by atoms with Gasteiger partial charge in [-0.3, -0.25) is 4.79 Å². The molecule has 0 saturated carbocycles. The number of hydrogen-bond donors (Lipinski definition) is 3. The van der Waals surface area contributed by atoms with Crippen molar-refractivity contribution in [3.05, 3.63) is 10.4 Å². The van der Waals surface area contributed by atoms with Gasteiger partial charge < -0.3 is 30.0 Å². The maximum Gasteiger partial charge on any atom is 0.407 e. The molecular weight excluding hydrogens is 474 g/mol. The Morgan fingerprint density at radius 2 is 1.73 bits per heavy atom. The maximum atomic E-state index is 12.2. The first-order valence-electron chi connectivity index (χ1n) is 10.3. The highest BCUT2D eigenvalue weighted by atomic mass is 33.1. The Balaban J connectivity index is 4.22. The molecule has 12 nitrogen and oxygen atoms in total. The second-order valence-electron chi connectivity index (χ2n) is 8.21. The van der Waals surface area contributed by atoms with E-state index in [9.17, 15) is 19.5 Å². The molecule has 33 heavy (non-hydrogen) atoms. The van der Waals surface area contributed by atoms with Crippen LogP contribution in [0, 0.1) is 0 Å². The summed E-state index contributed by atoms with van der Waals surface area (Å²) in [6.07, 6.45) is -0.499. The number of nitrogens with zero attached hydrogens (tertiary/aromatic N) is 3. The number of rotatable bonds is 17. The number of hydrogen-bond acceptors (Lipinski definition) is 9. The molecule has 190 valence electrons. The van der Waals surface area contributed by atoms with Gasteiger partial charge in [0.05, 0.1) is 31.2 Å². The number of aliphatic carboxylic acids is 1. The van der Waals surface area contributed by atoms with Crippen LogP contribution < -0.4 is 10.6 Å². The lowest BCUT2D eigenvalue weighted by Crippen LogP contribution is -2.52. The van der Waals surface area contributed by atoms with Gasteiger partial charge in [-0.25, -0.2) is 9.59 Å². The molecule has 1 atom stereocenters. The first-order valence-corrected chi connectivity index (χ1v) is 12.7. The van der Waals surface area contributed by atoms with Gasteiger partial charge in [0.15, 0.2) is 0 Å². The summed E-state index contributed by atoms with van der Waals surface area (Å²) >= 11 is 0. The van der Waals surface area contributed by atoms with E-state index in [-0.39, 0.29) is 32.8 Å². The number of alkyl carbamates (subject to hydrolysis) is 1. The van der Waals surface area contributed by atoms with Crippen molar-refractivity contribution in [2.45, 2.75) is 57.4 Å². The number of nitrogens with one attached hydrogen (secondary N) is 2. The van der Waals surface area contributed by atoms with Crippen LogP contribution in [0.2, 0.25) is 0 Å². The van der Waals surface area contributed by atoms with E-state index in [0.717, 1.165) is 0 Å². The molecule has 0 aliphatic heterocycles. The summed E-state index contributed by atoms with van der Waals surface area (Å²) in [7, 11) is 2.71. The van der Waals surface area contributed by atoms with Crippen molar-refractivity contribution in [1.29, 1.82) is 0 Å². The normalized spacial score (nSPS) is 12.4. The number of carboxylic acids is 1. The zero-order valence-corrected chi connectivity index (χ0v) is 21.4. The van der Waals surface area contributed by atoms with E-state index in [0.29, 0.717) is 18.9 Å². The third-order valence-electron chi connectivity index (χ3n) is 3.62. The minimum absolute atomic E-state index is 0.0101. The van der Waals surface area contributed by atoms with E-state index in [1.54, 1.807) is 34.6 Å². The Labute approximate surface area is 202 Å². The van der Waals surface area contributed by atoms with Gasteiger partial charge in [-0.1, -0.05) is 26.7 Å². The fraction of sp³-hybridized carbons (Fsp3) is 0.842. The number of carbonyl (C=O) groups excluding carboxylic acids is 2. The molecule has 0 unspecified atom stereocenters. The van der Waals surface area contributed by atoms with Crippen LogP contribution in [0.25, 0.3) is 10.4 Å². The molecular formula is C19H35N5O7S2. The molecule has 0 aromatic rings. The second-order valence-corrected chi connectivity index (χ2v) is 11.3. The molecule has 0 rings (SSSR count). The molecule has 0 aliphatic rings. The molecule has 2 amide bonds. The number of carbonyl (C=O) groups is 3. The van der Waals surface area contributed by atoms with Crippen LogP contribution in [0.4, 0.5) is 4.79 Å². The van der Waals surface area contributed by atoms with Crippen LogP contribution in [-0.4, -0.2) is 84.7 Å². The smallest absolute Gasteiger partial charge is 0.407 e. The van der Waals surface area contributed by atoms with Crippen molar-refractivity contribution in [2.24, 2.45) is 5.11 Å². The SMILES string of the molecule is CC(C)(C)OC(=O)NCCSSC(C)(C)[C@H](NC(=O)CCOCCOCCN=[N+]=[N-])C(=O)O. The number of amides is 2. The lowest BCUT2D eigenvalue weighted by Gasteiger charge is -2.30. The van der Waals surface area contributed by atoms with E-state index >= 15 is 0 Å². The highest BCUT2D eigenvalue weighted by molar-refractivity contribution is 8.77. The van der Waals surface area contributed by atoms with E-state index in [4.69, 9.17) is 19.7 Å². The average molecular weight is 510 g/mol. The van der Waals surface area contributed by atoms with Gasteiger partial charge in [0.1, 0.15) is 11.6 Å². The molecule has 3 N–H and O–H groups in total. The summed E-state index contributed by atoms with van der Waals surface area (Å²) in [6.45, 7) is 10.4. The predicted octanol–water partition coefficient (Wildman–Crippen LogP) is 2.97. The molecule has 14 heteroatoms. The van der Waals surface area contributed by atoms with Crippen LogP contribution in [0.15, 0.2) is 5.11 Å². The highest BCUT2D eigenvalue weighted by Gasteiger charge is 2.37. The average Bonchev–Trinajstić information content (AvgIpc) is 2.68. The zero-order chi connectivity index (χ0) is 25.3. The van der Waals surface area contributed by atoms with Crippen molar-refractivity contribution in [1.82, 2.24) is 10.6 Å². The van der Waals surface area contributed by atoms with Gasteiger partial charge in [0.2, 0.25) is 5.91 Å². The van der Waals surface area contributed by atoms with Crippen LogP contribution >= 0.6 is 21.6 Å². The van der Waals surface area contributed by atoms with Crippen molar-refractivity contribution in [3.8, 4) is 0 Å². The van der Waals surface area contributed by atoms with Crippen molar-refractivity contribution in [2.75, 3.05) is 45.3 Å². The van der Waals surface area contributed by atoms with Gasteiger partial charge in [0.25, 0.3) is 0 Å². The Hall–Kier alpha value is -1.86. The van der Waals surface area contributed by atoms with E-state index < -0.39 is 34.4 Å². The highest BCUT2D eigenvalue weighted by Crippen LogP contribution is 2.38. The minimum atomic E-state index is -1.14. The predicted molar refractivity (Wildman–Crippen MR) is 128 cm³/mol. The van der Waals surface area contributed by atoms with Crippen LogP contribution in [0.1, 0.15) is 41.0 Å². The summed E-state index contributed by atoms with van der Waals surface area (Å²) in [5, 5.41) is 18.1. The third-order valence-corrected chi connectivity index (χ3v) is 6.92. The molecule has 0 bridgehead atoms. The topological polar surface area (TPSA) is 172 Å². The molecule has 0 fully saturated rings. The molecule has 0 aromatic heterocycles. The quantitative estimate of drug-likeness (QED) is 0.0876. The third kappa shape index (κ3) is 17.3. The Kier molecular flexibility index (Phi) is 15.8.